The van der Waals surface area contributed by atoms with Crippen molar-refractivity contribution in [2.45, 2.75) is 0 Å². The van der Waals surface area contributed by atoms with E-state index in [4.69, 9.17) is 5.73 Å². The Morgan fingerprint density at radius 1 is 1.42 bits per heavy atom. The van der Waals surface area contributed by atoms with Gasteiger partial charge in [0, 0.05) is 16.6 Å². The molecule has 0 aliphatic carbocycles. The van der Waals surface area contributed by atoms with Gasteiger partial charge in [-0.05, 0) is 29.5 Å². The molecule has 0 aliphatic heterocycles. The van der Waals surface area contributed by atoms with E-state index in [9.17, 15) is 4.79 Å². The topological polar surface area (TPSA) is 115 Å². The summed E-state index contributed by atoms with van der Waals surface area (Å²) in [6, 6.07) is 7.10. The number of hydrogen-bond acceptors (Lipinski definition) is 5. The Balaban J connectivity index is 1.89. The number of H-pyrrole nitrogens is 1. The van der Waals surface area contributed by atoms with Gasteiger partial charge in [0.05, 0.1) is 7.05 Å². The molecule has 0 radical (unpaired) electrons. The highest BCUT2D eigenvalue weighted by atomic mass is 16.2. The fourth-order valence-electron chi connectivity index (χ4n) is 1.78. The third-order valence-corrected chi connectivity index (χ3v) is 2.62. The number of hydrogen-bond donors (Lipinski definition) is 3. The molecule has 0 fully saturated rings. The zero-order valence-electron chi connectivity index (χ0n) is 10.1. The monoisotopic (exact) mass is 257 g/mol. The predicted octanol–water partition coefficient (Wildman–Crippen LogP) is 0.526. The van der Waals surface area contributed by atoms with Crippen LogP contribution < -0.4 is 11.1 Å². The molecule has 0 aliphatic rings. The number of nitrogen functional groups attached to an aromatic ring is 1. The molecule has 19 heavy (non-hydrogen) atoms. The summed E-state index contributed by atoms with van der Waals surface area (Å²) in [4.78, 5) is 16.3. The summed E-state index contributed by atoms with van der Waals surface area (Å²) in [6.45, 7) is 0. The van der Waals surface area contributed by atoms with E-state index in [1.807, 2.05) is 6.07 Å². The van der Waals surface area contributed by atoms with Crippen molar-refractivity contribution in [3.63, 3.8) is 0 Å². The van der Waals surface area contributed by atoms with E-state index in [0.29, 0.717) is 11.4 Å². The first-order valence-electron chi connectivity index (χ1n) is 5.55. The number of amides is 1. The number of nitrogens with zero attached hydrogens (tertiary/aromatic N) is 4. The number of benzene rings is 1. The van der Waals surface area contributed by atoms with Crippen molar-refractivity contribution in [2.75, 3.05) is 11.1 Å². The largest absolute Gasteiger partial charge is 0.399 e. The van der Waals surface area contributed by atoms with Gasteiger partial charge in [-0.3, -0.25) is 10.1 Å². The van der Waals surface area contributed by atoms with Crippen LogP contribution in [0.15, 0.2) is 24.3 Å². The number of nitrogens with one attached hydrogen (secondary N) is 2. The van der Waals surface area contributed by atoms with Crippen LogP contribution in [0.1, 0.15) is 10.5 Å². The molecule has 8 heteroatoms. The highest BCUT2D eigenvalue weighted by molar-refractivity contribution is 6.05. The number of rotatable bonds is 2. The van der Waals surface area contributed by atoms with Crippen LogP contribution >= 0.6 is 0 Å². The third-order valence-electron chi connectivity index (χ3n) is 2.62. The lowest BCUT2D eigenvalue weighted by Gasteiger charge is -1.96. The Kier molecular flexibility index (Phi) is 2.41. The van der Waals surface area contributed by atoms with Gasteiger partial charge in [-0.2, -0.15) is 4.80 Å². The summed E-state index contributed by atoms with van der Waals surface area (Å²) in [5.74, 6) is -0.173. The fraction of sp³-hybridized carbons (Fsp3) is 0.0909. The lowest BCUT2D eigenvalue weighted by molar-refractivity contribution is 0.102. The van der Waals surface area contributed by atoms with E-state index < -0.39 is 0 Å². The molecule has 0 bridgehead atoms. The molecule has 0 atom stereocenters. The Bertz CT molecular complexity index is 757. The van der Waals surface area contributed by atoms with E-state index >= 15 is 0 Å². The number of tetrazole rings is 1. The zero-order chi connectivity index (χ0) is 13.4. The zero-order valence-corrected chi connectivity index (χ0v) is 10.1. The average Bonchev–Trinajstić information content (AvgIpc) is 2.95. The second-order valence-corrected chi connectivity index (χ2v) is 4.09. The molecule has 0 saturated carbocycles. The van der Waals surface area contributed by atoms with Crippen LogP contribution in [0.2, 0.25) is 0 Å². The van der Waals surface area contributed by atoms with Gasteiger partial charge in [0.15, 0.2) is 0 Å². The summed E-state index contributed by atoms with van der Waals surface area (Å²) < 4.78 is 0. The number of fused-ring (bicyclic) bond motifs is 1. The number of aryl methyl sites for hydroxylation is 1. The van der Waals surface area contributed by atoms with Gasteiger partial charge in [-0.15, -0.1) is 5.10 Å². The smallest absolute Gasteiger partial charge is 0.274 e. The first kappa shape index (κ1) is 11.2. The minimum Gasteiger partial charge on any atom is -0.399 e. The SMILES string of the molecule is Cn1nnc(NC(=O)c2cc3cc(N)ccc3[nH]2)n1. The minimum absolute atomic E-state index is 0.158. The molecule has 3 rings (SSSR count). The van der Waals surface area contributed by atoms with Crippen LogP contribution in [0.25, 0.3) is 10.9 Å². The van der Waals surface area contributed by atoms with Crippen molar-refractivity contribution in [2.24, 2.45) is 7.05 Å². The van der Waals surface area contributed by atoms with Gasteiger partial charge in [-0.1, -0.05) is 5.10 Å². The quantitative estimate of drug-likeness (QED) is 0.579. The van der Waals surface area contributed by atoms with Crippen molar-refractivity contribution in [1.29, 1.82) is 0 Å². The molecule has 0 unspecified atom stereocenters. The van der Waals surface area contributed by atoms with Crippen LogP contribution in [0, 0.1) is 0 Å². The number of carbonyl (C=O) groups is 1. The number of anilines is 2. The fourth-order valence-corrected chi connectivity index (χ4v) is 1.78. The summed E-state index contributed by atoms with van der Waals surface area (Å²) in [7, 11) is 1.62. The maximum Gasteiger partial charge on any atom is 0.274 e. The van der Waals surface area contributed by atoms with E-state index in [1.165, 1.54) is 4.80 Å². The Morgan fingerprint density at radius 2 is 2.26 bits per heavy atom. The lowest BCUT2D eigenvalue weighted by Crippen LogP contribution is -2.13. The minimum atomic E-state index is -0.331. The Morgan fingerprint density at radius 3 is 3.00 bits per heavy atom. The summed E-state index contributed by atoms with van der Waals surface area (Å²) in [5.41, 5.74) is 7.59. The van der Waals surface area contributed by atoms with Crippen molar-refractivity contribution < 1.29 is 4.79 Å². The van der Waals surface area contributed by atoms with Crippen molar-refractivity contribution >= 4 is 28.4 Å². The van der Waals surface area contributed by atoms with Gasteiger partial charge in [0.25, 0.3) is 11.9 Å². The predicted molar refractivity (Wildman–Crippen MR) is 69.5 cm³/mol. The molecular weight excluding hydrogens is 246 g/mol. The maximum absolute atomic E-state index is 12.0. The molecule has 0 saturated heterocycles. The van der Waals surface area contributed by atoms with E-state index in [-0.39, 0.29) is 11.9 Å². The maximum atomic E-state index is 12.0. The summed E-state index contributed by atoms with van der Waals surface area (Å²) in [6.07, 6.45) is 0. The lowest BCUT2D eigenvalue weighted by atomic mass is 10.2. The normalized spacial score (nSPS) is 10.8. The highest BCUT2D eigenvalue weighted by Crippen LogP contribution is 2.18. The summed E-state index contributed by atoms with van der Waals surface area (Å²) in [5, 5.41) is 14.6. The second kappa shape index (κ2) is 4.09. The van der Waals surface area contributed by atoms with Gasteiger partial charge in [-0.25, -0.2) is 0 Å². The molecule has 2 aromatic heterocycles. The molecule has 1 aromatic carbocycles. The standard InChI is InChI=1S/C11H11N7O/c1-18-16-11(15-17-18)14-10(19)9-5-6-4-7(12)2-3-8(6)13-9/h2-5,13H,12H2,1H3,(H,14,16,19). The Hall–Kier alpha value is -2.90. The third kappa shape index (κ3) is 2.10. The van der Waals surface area contributed by atoms with Crippen LogP contribution in [-0.4, -0.2) is 31.1 Å². The number of carbonyl (C=O) groups excluding carboxylic acids is 1. The van der Waals surface area contributed by atoms with Gasteiger partial charge >= 0.3 is 0 Å². The molecule has 4 N–H and O–H groups in total. The van der Waals surface area contributed by atoms with Crippen molar-refractivity contribution in [1.82, 2.24) is 25.2 Å². The molecule has 96 valence electrons. The number of aromatic nitrogens is 5. The van der Waals surface area contributed by atoms with Gasteiger partial charge < -0.3 is 10.7 Å². The first-order chi connectivity index (χ1) is 9.11. The molecule has 2 heterocycles. The van der Waals surface area contributed by atoms with Crippen LogP contribution in [-0.2, 0) is 7.05 Å². The molecule has 1 amide bonds. The Labute approximate surface area is 107 Å². The van der Waals surface area contributed by atoms with Crippen LogP contribution in [0.3, 0.4) is 0 Å². The van der Waals surface area contributed by atoms with E-state index in [1.54, 1.807) is 25.2 Å². The van der Waals surface area contributed by atoms with Crippen LogP contribution in [0.4, 0.5) is 11.6 Å². The summed E-state index contributed by atoms with van der Waals surface area (Å²) >= 11 is 0. The van der Waals surface area contributed by atoms with Crippen LogP contribution in [0.5, 0.6) is 0 Å². The van der Waals surface area contributed by atoms with Crippen molar-refractivity contribution in [3.05, 3.63) is 30.0 Å². The second-order valence-electron chi connectivity index (χ2n) is 4.09. The van der Waals surface area contributed by atoms with Gasteiger partial charge in [0.2, 0.25) is 0 Å². The first-order valence-corrected chi connectivity index (χ1v) is 5.55. The van der Waals surface area contributed by atoms with E-state index in [0.717, 1.165) is 10.9 Å². The number of aromatic amines is 1. The molecular formula is C11H11N7O. The molecule has 8 nitrogen and oxygen atoms in total. The van der Waals surface area contributed by atoms with E-state index in [2.05, 4.69) is 25.7 Å². The molecule has 0 spiro atoms. The van der Waals surface area contributed by atoms with Crippen molar-refractivity contribution in [3.8, 4) is 0 Å². The van der Waals surface area contributed by atoms with Gasteiger partial charge in [0.1, 0.15) is 5.69 Å². The number of nitrogens with two attached hydrogens (primary N) is 1. The average molecular weight is 257 g/mol. The highest BCUT2D eigenvalue weighted by Gasteiger charge is 2.12. The molecule has 3 aromatic rings.